The van der Waals surface area contributed by atoms with Crippen LogP contribution in [0.25, 0.3) is 10.2 Å². The first kappa shape index (κ1) is 20.3. The summed E-state index contributed by atoms with van der Waals surface area (Å²) < 4.78 is 69.1. The largest absolute Gasteiger partial charge is 0.573 e. The summed E-state index contributed by atoms with van der Waals surface area (Å²) in [5.41, 5.74) is -0.00263. The number of nitrogens with one attached hydrogen (secondary N) is 1. The van der Waals surface area contributed by atoms with Crippen LogP contribution in [0.15, 0.2) is 36.4 Å². The summed E-state index contributed by atoms with van der Waals surface area (Å²) in [6.45, 7) is 0.524. The number of ether oxygens (including phenoxy) is 1. The van der Waals surface area contributed by atoms with Gasteiger partial charge in [-0.2, -0.15) is 0 Å². The van der Waals surface area contributed by atoms with Crippen LogP contribution in [0.5, 0.6) is 5.75 Å². The van der Waals surface area contributed by atoms with Crippen molar-refractivity contribution >= 4 is 32.6 Å². The molecule has 0 saturated carbocycles. The van der Waals surface area contributed by atoms with Crippen molar-refractivity contribution in [3.63, 3.8) is 0 Å². The summed E-state index contributed by atoms with van der Waals surface area (Å²) in [5, 5.41) is 3.45. The minimum atomic E-state index is -4.91. The van der Waals surface area contributed by atoms with Crippen LogP contribution in [-0.2, 0) is 0 Å². The van der Waals surface area contributed by atoms with Crippen LogP contribution in [0.4, 0.5) is 27.1 Å². The molecule has 0 spiro atoms. The number of carbonyl (C=O) groups is 1. The molecule has 158 valence electrons. The second-order valence-corrected chi connectivity index (χ2v) is 7.68. The third-order valence-electron chi connectivity index (χ3n) is 4.56. The number of amides is 1. The number of nitrogens with zero attached hydrogens (tertiary/aromatic N) is 2. The van der Waals surface area contributed by atoms with E-state index < -0.39 is 29.7 Å². The maximum Gasteiger partial charge on any atom is 0.573 e. The molecule has 1 saturated heterocycles. The Morgan fingerprint density at radius 2 is 2.00 bits per heavy atom. The van der Waals surface area contributed by atoms with Crippen LogP contribution >= 0.6 is 11.3 Å². The zero-order valence-corrected chi connectivity index (χ0v) is 16.0. The Kier molecular flexibility index (Phi) is 5.22. The minimum Gasteiger partial charge on any atom is -0.405 e. The zero-order chi connectivity index (χ0) is 21.5. The van der Waals surface area contributed by atoms with E-state index in [2.05, 4.69) is 15.0 Å². The highest BCUT2D eigenvalue weighted by molar-refractivity contribution is 7.22. The summed E-state index contributed by atoms with van der Waals surface area (Å²) in [6.07, 6.45) is -4.39. The van der Waals surface area contributed by atoms with Gasteiger partial charge in [0.1, 0.15) is 17.4 Å². The third kappa shape index (κ3) is 4.30. The molecular formula is C19H14F5N3O2S. The Hall–Kier alpha value is -2.95. The van der Waals surface area contributed by atoms with Gasteiger partial charge >= 0.3 is 6.36 Å². The normalized spacial score (nSPS) is 16.8. The number of carbonyl (C=O) groups excluding carboxylic acids is 1. The number of alkyl halides is 3. The van der Waals surface area contributed by atoms with E-state index in [9.17, 15) is 26.7 Å². The molecule has 2 heterocycles. The number of fused-ring (bicyclic) bond motifs is 1. The standard InChI is InChI=1S/C19H14F5N3O2S/c20-10-7-13(21)16-14(8-10)26-18(30-16)25-11-5-6-27(9-11)17(28)12-3-1-2-4-15(12)29-19(22,23)24/h1-4,7-8,11H,5-6,9H2,(H,25,26)/t11-/m1/s1. The van der Waals surface area contributed by atoms with E-state index in [-0.39, 0.29) is 28.4 Å². The van der Waals surface area contributed by atoms with Gasteiger partial charge in [-0.25, -0.2) is 13.8 Å². The van der Waals surface area contributed by atoms with Crippen molar-refractivity contribution in [3.05, 3.63) is 53.6 Å². The highest BCUT2D eigenvalue weighted by Crippen LogP contribution is 2.31. The fraction of sp³-hybridized carbons (Fsp3) is 0.263. The molecule has 1 aliphatic rings. The quantitative estimate of drug-likeness (QED) is 0.589. The molecular weight excluding hydrogens is 429 g/mol. The molecule has 0 unspecified atom stereocenters. The van der Waals surface area contributed by atoms with Gasteiger partial charge in [-0.3, -0.25) is 4.79 Å². The lowest BCUT2D eigenvalue weighted by molar-refractivity contribution is -0.274. The van der Waals surface area contributed by atoms with Crippen molar-refractivity contribution in [2.75, 3.05) is 18.4 Å². The van der Waals surface area contributed by atoms with E-state index in [1.165, 1.54) is 23.1 Å². The first-order valence-corrected chi connectivity index (χ1v) is 9.67. The van der Waals surface area contributed by atoms with Crippen LogP contribution < -0.4 is 10.1 Å². The molecule has 5 nitrogen and oxygen atoms in total. The van der Waals surface area contributed by atoms with Crippen molar-refractivity contribution in [1.29, 1.82) is 0 Å². The fourth-order valence-corrected chi connectivity index (χ4v) is 4.21. The van der Waals surface area contributed by atoms with Gasteiger partial charge in [0.25, 0.3) is 5.91 Å². The van der Waals surface area contributed by atoms with Gasteiger partial charge in [0.15, 0.2) is 5.13 Å². The lowest BCUT2D eigenvalue weighted by Crippen LogP contribution is -2.32. The number of benzene rings is 2. The number of aromatic nitrogens is 1. The van der Waals surface area contributed by atoms with E-state index in [0.717, 1.165) is 29.5 Å². The number of thiazole rings is 1. The summed E-state index contributed by atoms with van der Waals surface area (Å²) in [6, 6.07) is 6.83. The van der Waals surface area contributed by atoms with Gasteiger partial charge in [0, 0.05) is 31.3 Å². The molecule has 0 aliphatic carbocycles. The first-order valence-electron chi connectivity index (χ1n) is 8.86. The number of likely N-dealkylation sites (tertiary alicyclic amines) is 1. The van der Waals surface area contributed by atoms with Gasteiger partial charge in [0.05, 0.1) is 15.8 Å². The number of halogens is 5. The number of para-hydroxylation sites is 1. The zero-order valence-electron chi connectivity index (χ0n) is 15.2. The monoisotopic (exact) mass is 443 g/mol. The van der Waals surface area contributed by atoms with Crippen LogP contribution in [-0.4, -0.2) is 41.3 Å². The average molecular weight is 443 g/mol. The maximum atomic E-state index is 13.8. The first-order chi connectivity index (χ1) is 14.2. The molecule has 1 aliphatic heterocycles. The summed E-state index contributed by atoms with van der Waals surface area (Å²) >= 11 is 1.02. The molecule has 1 atom stereocenters. The third-order valence-corrected chi connectivity index (χ3v) is 5.57. The highest BCUT2D eigenvalue weighted by Gasteiger charge is 2.34. The molecule has 30 heavy (non-hydrogen) atoms. The Morgan fingerprint density at radius 3 is 2.77 bits per heavy atom. The van der Waals surface area contributed by atoms with Crippen molar-refractivity contribution < 1.29 is 31.5 Å². The molecule has 0 radical (unpaired) electrons. The Bertz CT molecular complexity index is 1100. The van der Waals surface area contributed by atoms with Crippen molar-refractivity contribution in [2.45, 2.75) is 18.8 Å². The number of hydrogen-bond donors (Lipinski definition) is 1. The lowest BCUT2D eigenvalue weighted by Gasteiger charge is -2.19. The molecule has 1 fully saturated rings. The van der Waals surface area contributed by atoms with Crippen LogP contribution in [0.2, 0.25) is 0 Å². The van der Waals surface area contributed by atoms with Gasteiger partial charge in [-0.1, -0.05) is 23.5 Å². The van der Waals surface area contributed by atoms with Crippen molar-refractivity contribution in [3.8, 4) is 5.75 Å². The van der Waals surface area contributed by atoms with E-state index in [1.54, 1.807) is 0 Å². The second kappa shape index (κ2) is 7.71. The van der Waals surface area contributed by atoms with Crippen molar-refractivity contribution in [2.24, 2.45) is 0 Å². The minimum absolute atomic E-state index is 0.184. The maximum absolute atomic E-state index is 13.8. The number of rotatable bonds is 4. The smallest absolute Gasteiger partial charge is 0.405 e. The van der Waals surface area contributed by atoms with Crippen LogP contribution in [0.1, 0.15) is 16.8 Å². The Labute approximate surface area is 171 Å². The van der Waals surface area contributed by atoms with E-state index in [4.69, 9.17) is 0 Å². The predicted molar refractivity (Wildman–Crippen MR) is 101 cm³/mol. The average Bonchev–Trinajstić information content (AvgIpc) is 3.27. The van der Waals surface area contributed by atoms with Crippen LogP contribution in [0.3, 0.4) is 0 Å². The summed E-state index contributed by atoms with van der Waals surface area (Å²) in [4.78, 5) is 18.3. The second-order valence-electron chi connectivity index (χ2n) is 6.68. The highest BCUT2D eigenvalue weighted by atomic mass is 32.1. The van der Waals surface area contributed by atoms with Gasteiger partial charge in [-0.15, -0.1) is 13.2 Å². The van der Waals surface area contributed by atoms with E-state index in [0.29, 0.717) is 18.1 Å². The molecule has 1 amide bonds. The molecule has 1 N–H and O–H groups in total. The van der Waals surface area contributed by atoms with Crippen molar-refractivity contribution in [1.82, 2.24) is 9.88 Å². The fourth-order valence-electron chi connectivity index (χ4n) is 3.29. The van der Waals surface area contributed by atoms with Crippen LogP contribution in [0, 0.1) is 11.6 Å². The summed E-state index contributed by atoms with van der Waals surface area (Å²) in [5.74, 6) is -2.58. The molecule has 3 aromatic rings. The van der Waals surface area contributed by atoms with Gasteiger partial charge < -0.3 is 15.0 Å². The van der Waals surface area contributed by atoms with E-state index in [1.807, 2.05) is 0 Å². The number of anilines is 1. The lowest BCUT2D eigenvalue weighted by atomic mass is 10.2. The topological polar surface area (TPSA) is 54.5 Å². The Morgan fingerprint density at radius 1 is 1.23 bits per heavy atom. The molecule has 4 rings (SSSR count). The molecule has 11 heteroatoms. The molecule has 0 bridgehead atoms. The van der Waals surface area contributed by atoms with E-state index >= 15 is 0 Å². The van der Waals surface area contributed by atoms with Gasteiger partial charge in [0.2, 0.25) is 0 Å². The van der Waals surface area contributed by atoms with Gasteiger partial charge in [-0.05, 0) is 18.6 Å². The Balaban J connectivity index is 1.46. The predicted octanol–water partition coefficient (Wildman–Crippen LogP) is 4.80. The molecule has 1 aromatic heterocycles. The molecule has 2 aromatic carbocycles. The number of hydrogen-bond acceptors (Lipinski definition) is 5. The SMILES string of the molecule is O=C(c1ccccc1OC(F)(F)F)N1CC[C@@H](Nc2nc3cc(F)cc(F)c3s2)C1. The summed E-state index contributed by atoms with van der Waals surface area (Å²) in [7, 11) is 0.